The van der Waals surface area contributed by atoms with E-state index in [-0.39, 0.29) is 24.0 Å². The van der Waals surface area contributed by atoms with Crippen molar-refractivity contribution in [2.45, 2.75) is 44.4 Å². The summed E-state index contributed by atoms with van der Waals surface area (Å²) in [7, 11) is 0. The summed E-state index contributed by atoms with van der Waals surface area (Å²) in [4.78, 5) is 20.3. The molecule has 2 fully saturated rings. The molecule has 1 atom stereocenters. The zero-order valence-corrected chi connectivity index (χ0v) is 15.6. The van der Waals surface area contributed by atoms with Gasteiger partial charge in [-0.2, -0.15) is 0 Å². The van der Waals surface area contributed by atoms with E-state index in [0.29, 0.717) is 4.88 Å². The van der Waals surface area contributed by atoms with Crippen LogP contribution in [0.1, 0.15) is 52.0 Å². The molecule has 1 aromatic carbocycles. The number of amides is 1. The fourth-order valence-corrected chi connectivity index (χ4v) is 4.73. The highest BCUT2D eigenvalue weighted by Gasteiger charge is 2.36. The second-order valence-electron chi connectivity index (χ2n) is 7.35. The summed E-state index contributed by atoms with van der Waals surface area (Å²) in [6.07, 6.45) is 5.45. The van der Waals surface area contributed by atoms with Gasteiger partial charge in [-0.25, -0.2) is 4.98 Å². The van der Waals surface area contributed by atoms with Gasteiger partial charge in [-0.3, -0.25) is 9.69 Å². The van der Waals surface area contributed by atoms with Crippen LogP contribution in [0, 0.1) is 5.92 Å². The first-order chi connectivity index (χ1) is 12.7. The third-order valence-electron chi connectivity index (χ3n) is 5.40. The molecule has 5 nitrogen and oxygen atoms in total. The fraction of sp³-hybridized carbons (Fsp3) is 0.500. The molecule has 4 rings (SSSR count). The van der Waals surface area contributed by atoms with Gasteiger partial charge >= 0.3 is 0 Å². The van der Waals surface area contributed by atoms with Crippen LogP contribution in [-0.2, 0) is 6.54 Å². The highest BCUT2D eigenvalue weighted by atomic mass is 32.1. The van der Waals surface area contributed by atoms with Crippen molar-refractivity contribution in [1.82, 2.24) is 15.2 Å². The van der Waals surface area contributed by atoms with Crippen LogP contribution in [0.2, 0.25) is 0 Å². The minimum absolute atomic E-state index is 0.0590. The molecule has 2 aliphatic rings. The van der Waals surface area contributed by atoms with E-state index in [9.17, 15) is 9.90 Å². The Hall–Kier alpha value is -1.76. The van der Waals surface area contributed by atoms with Gasteiger partial charge in [0.2, 0.25) is 0 Å². The lowest BCUT2D eigenvalue weighted by Gasteiger charge is -2.38. The number of hydrogen-bond acceptors (Lipinski definition) is 5. The van der Waals surface area contributed by atoms with E-state index in [1.54, 1.807) is 6.20 Å². The number of aromatic nitrogens is 1. The number of rotatable bonds is 6. The predicted molar refractivity (Wildman–Crippen MR) is 102 cm³/mol. The molecule has 0 spiro atoms. The Balaban J connectivity index is 1.43. The van der Waals surface area contributed by atoms with Gasteiger partial charge in [0.25, 0.3) is 5.91 Å². The third-order valence-corrected chi connectivity index (χ3v) is 6.38. The van der Waals surface area contributed by atoms with Gasteiger partial charge in [0.15, 0.2) is 0 Å². The van der Waals surface area contributed by atoms with Crippen LogP contribution >= 0.6 is 11.3 Å². The molecule has 1 unspecified atom stereocenters. The lowest BCUT2D eigenvalue weighted by Crippen LogP contribution is -2.41. The molecule has 0 radical (unpaired) electrons. The summed E-state index contributed by atoms with van der Waals surface area (Å²) >= 11 is 1.49. The molecule has 1 saturated carbocycles. The Morgan fingerprint density at radius 2 is 2.00 bits per heavy atom. The third kappa shape index (κ3) is 3.98. The van der Waals surface area contributed by atoms with Crippen molar-refractivity contribution in [3.63, 3.8) is 0 Å². The second kappa shape index (κ2) is 7.86. The van der Waals surface area contributed by atoms with Gasteiger partial charge in [-0.05, 0) is 50.3 Å². The number of carbonyl (C=O) groups is 1. The van der Waals surface area contributed by atoms with Gasteiger partial charge < -0.3 is 10.4 Å². The minimum Gasteiger partial charge on any atom is -0.393 e. The molecule has 26 heavy (non-hydrogen) atoms. The molecular weight excluding hydrogens is 346 g/mol. The van der Waals surface area contributed by atoms with Crippen molar-refractivity contribution >= 4 is 17.2 Å². The lowest BCUT2D eigenvalue weighted by molar-refractivity contribution is 0.0235. The van der Waals surface area contributed by atoms with E-state index in [1.807, 2.05) is 30.3 Å². The monoisotopic (exact) mass is 371 g/mol. The summed E-state index contributed by atoms with van der Waals surface area (Å²) in [6.45, 7) is 3.09. The highest BCUT2D eigenvalue weighted by Crippen LogP contribution is 2.38. The van der Waals surface area contributed by atoms with Crippen LogP contribution in [0.5, 0.6) is 0 Å². The summed E-state index contributed by atoms with van der Waals surface area (Å²) in [6, 6.07) is 9.99. The zero-order chi connectivity index (χ0) is 17.9. The van der Waals surface area contributed by atoms with Crippen molar-refractivity contribution in [2.75, 3.05) is 13.1 Å². The van der Waals surface area contributed by atoms with Gasteiger partial charge in [0.05, 0.1) is 24.9 Å². The van der Waals surface area contributed by atoms with Crippen molar-refractivity contribution in [2.24, 2.45) is 5.92 Å². The van der Waals surface area contributed by atoms with Crippen molar-refractivity contribution in [1.29, 1.82) is 0 Å². The van der Waals surface area contributed by atoms with E-state index in [1.165, 1.54) is 24.2 Å². The Bertz CT molecular complexity index is 737. The maximum Gasteiger partial charge on any atom is 0.263 e. The highest BCUT2D eigenvalue weighted by molar-refractivity contribution is 7.13. The van der Waals surface area contributed by atoms with Gasteiger partial charge in [-0.15, -0.1) is 11.3 Å². The SMILES string of the molecule is O=C(NC(c1ccccc1)C1CC(O)C1)c1cnc(CN2CCCC2)s1. The zero-order valence-electron chi connectivity index (χ0n) is 14.8. The van der Waals surface area contributed by atoms with E-state index >= 15 is 0 Å². The largest absolute Gasteiger partial charge is 0.393 e. The summed E-state index contributed by atoms with van der Waals surface area (Å²) < 4.78 is 0. The maximum absolute atomic E-state index is 12.8. The van der Waals surface area contributed by atoms with Gasteiger partial charge in [0.1, 0.15) is 9.88 Å². The van der Waals surface area contributed by atoms with Crippen LogP contribution in [0.25, 0.3) is 0 Å². The number of thiazole rings is 1. The summed E-state index contributed by atoms with van der Waals surface area (Å²) in [5.41, 5.74) is 1.10. The Kier molecular flexibility index (Phi) is 5.33. The van der Waals surface area contributed by atoms with E-state index in [4.69, 9.17) is 0 Å². The number of hydrogen-bond donors (Lipinski definition) is 2. The number of aliphatic hydroxyl groups is 1. The van der Waals surface area contributed by atoms with Crippen LogP contribution in [-0.4, -0.2) is 40.1 Å². The standard InChI is InChI=1S/C20H25N3O2S/c24-16-10-15(11-16)19(14-6-2-1-3-7-14)22-20(25)17-12-21-18(26-17)13-23-8-4-5-9-23/h1-3,6-7,12,15-16,19,24H,4-5,8-11,13H2,(H,22,25). The molecule has 138 valence electrons. The molecule has 2 aromatic rings. The molecular formula is C20H25N3O2S. The minimum atomic E-state index is -0.237. The van der Waals surface area contributed by atoms with Crippen molar-refractivity contribution < 1.29 is 9.90 Å². The van der Waals surface area contributed by atoms with Gasteiger partial charge in [-0.1, -0.05) is 30.3 Å². The van der Waals surface area contributed by atoms with Gasteiger partial charge in [0, 0.05) is 0 Å². The number of nitrogens with one attached hydrogen (secondary N) is 1. The molecule has 2 heterocycles. The average molecular weight is 372 g/mol. The molecule has 1 aromatic heterocycles. The number of aliphatic hydroxyl groups excluding tert-OH is 1. The fourth-order valence-electron chi connectivity index (χ4n) is 3.87. The predicted octanol–water partition coefficient (Wildman–Crippen LogP) is 2.98. The molecule has 1 aliphatic heterocycles. The Morgan fingerprint density at radius 1 is 1.27 bits per heavy atom. The maximum atomic E-state index is 12.8. The number of carbonyl (C=O) groups excluding carboxylic acids is 1. The first-order valence-electron chi connectivity index (χ1n) is 9.40. The quantitative estimate of drug-likeness (QED) is 0.819. The normalized spacial score (nSPS) is 24.2. The first-order valence-corrected chi connectivity index (χ1v) is 10.2. The molecule has 1 amide bonds. The van der Waals surface area contributed by atoms with Crippen molar-refractivity contribution in [3.8, 4) is 0 Å². The topological polar surface area (TPSA) is 65.5 Å². The summed E-state index contributed by atoms with van der Waals surface area (Å²) in [5, 5.41) is 13.9. The van der Waals surface area contributed by atoms with E-state index < -0.39 is 0 Å². The number of likely N-dealkylation sites (tertiary alicyclic amines) is 1. The molecule has 6 heteroatoms. The summed E-state index contributed by atoms with van der Waals surface area (Å²) in [5.74, 6) is 0.221. The molecule has 2 N–H and O–H groups in total. The van der Waals surface area contributed by atoms with Crippen LogP contribution < -0.4 is 5.32 Å². The van der Waals surface area contributed by atoms with Crippen LogP contribution in [0.4, 0.5) is 0 Å². The number of nitrogens with zero attached hydrogens (tertiary/aromatic N) is 2. The Labute approximate surface area is 158 Å². The first kappa shape index (κ1) is 17.6. The van der Waals surface area contributed by atoms with Crippen LogP contribution in [0.15, 0.2) is 36.5 Å². The second-order valence-corrected chi connectivity index (χ2v) is 8.46. The smallest absolute Gasteiger partial charge is 0.263 e. The molecule has 1 saturated heterocycles. The lowest BCUT2D eigenvalue weighted by atomic mass is 9.75. The number of benzene rings is 1. The Morgan fingerprint density at radius 3 is 2.69 bits per heavy atom. The molecule has 0 bridgehead atoms. The molecule has 1 aliphatic carbocycles. The van der Waals surface area contributed by atoms with Crippen LogP contribution in [0.3, 0.4) is 0 Å². The average Bonchev–Trinajstić information content (AvgIpc) is 3.30. The van der Waals surface area contributed by atoms with E-state index in [0.717, 1.165) is 43.0 Å². The van der Waals surface area contributed by atoms with E-state index in [2.05, 4.69) is 15.2 Å². The van der Waals surface area contributed by atoms with Crippen molar-refractivity contribution in [3.05, 3.63) is 52.0 Å².